The van der Waals surface area contributed by atoms with Crippen LogP contribution in [-0.2, 0) is 24.3 Å². The highest BCUT2D eigenvalue weighted by atomic mass is 35.5. The molecule has 1 N–H and O–H groups in total. The van der Waals surface area contributed by atoms with Crippen molar-refractivity contribution in [3.63, 3.8) is 0 Å². The molecule has 0 spiro atoms. The van der Waals surface area contributed by atoms with E-state index in [2.05, 4.69) is 5.32 Å². The van der Waals surface area contributed by atoms with Crippen LogP contribution in [-0.4, -0.2) is 35.8 Å². The zero-order valence-corrected chi connectivity index (χ0v) is 20.8. The van der Waals surface area contributed by atoms with Gasteiger partial charge in [0.15, 0.2) is 11.5 Å². The number of hydrogen-bond acceptors (Lipinski definition) is 6. The monoisotopic (exact) mass is 513 g/mol. The van der Waals surface area contributed by atoms with Crippen molar-refractivity contribution in [1.29, 1.82) is 0 Å². The van der Waals surface area contributed by atoms with E-state index in [1.165, 1.54) is 15.9 Å². The SMILES string of the molecule is COc1ccc(CCNC(=O)Cn2c(=O)c3sccc3n(Cc3cccc(Cl)c3)c2=O)cc1OC. The smallest absolute Gasteiger partial charge is 0.332 e. The van der Waals surface area contributed by atoms with Gasteiger partial charge in [0.1, 0.15) is 11.2 Å². The maximum absolute atomic E-state index is 13.2. The van der Waals surface area contributed by atoms with Crippen LogP contribution < -0.4 is 26.0 Å². The van der Waals surface area contributed by atoms with Crippen molar-refractivity contribution < 1.29 is 14.3 Å². The topological polar surface area (TPSA) is 91.6 Å². The number of nitrogens with one attached hydrogen (secondary N) is 1. The quantitative estimate of drug-likeness (QED) is 0.371. The third-order valence-corrected chi connectivity index (χ3v) is 6.68. The number of carbonyl (C=O) groups excluding carboxylic acids is 1. The number of fused-ring (bicyclic) bond motifs is 1. The standard InChI is InChI=1S/C25H24ClN3O5S/c1-33-20-7-6-16(13-21(20)34-2)8-10-27-22(30)15-29-24(31)23-19(9-11-35-23)28(25(29)32)14-17-4-3-5-18(26)12-17/h3-7,9,11-13H,8,10,14-15H2,1-2H3,(H,27,30). The van der Waals surface area contributed by atoms with Gasteiger partial charge in [-0.05, 0) is 53.3 Å². The summed E-state index contributed by atoms with van der Waals surface area (Å²) in [4.78, 5) is 38.9. The number of rotatable bonds is 9. The van der Waals surface area contributed by atoms with E-state index >= 15 is 0 Å². The van der Waals surface area contributed by atoms with E-state index < -0.39 is 17.2 Å². The van der Waals surface area contributed by atoms with Gasteiger partial charge in [-0.25, -0.2) is 9.36 Å². The molecular formula is C25H24ClN3O5S. The molecule has 4 aromatic rings. The largest absolute Gasteiger partial charge is 0.493 e. The Labute approximate surface area is 210 Å². The maximum atomic E-state index is 13.2. The van der Waals surface area contributed by atoms with Gasteiger partial charge in [0.2, 0.25) is 5.91 Å². The second-order valence-electron chi connectivity index (χ2n) is 7.81. The third kappa shape index (κ3) is 5.41. The van der Waals surface area contributed by atoms with Crippen molar-refractivity contribution in [2.24, 2.45) is 0 Å². The van der Waals surface area contributed by atoms with Crippen LogP contribution in [0.4, 0.5) is 0 Å². The molecule has 0 aliphatic heterocycles. The second kappa shape index (κ2) is 10.8. The highest BCUT2D eigenvalue weighted by Gasteiger charge is 2.17. The predicted octanol–water partition coefficient (Wildman–Crippen LogP) is 3.30. The lowest BCUT2D eigenvalue weighted by Crippen LogP contribution is -2.43. The lowest BCUT2D eigenvalue weighted by Gasteiger charge is -2.13. The van der Waals surface area contributed by atoms with Crippen molar-refractivity contribution in [2.75, 3.05) is 20.8 Å². The van der Waals surface area contributed by atoms with Crippen molar-refractivity contribution in [2.45, 2.75) is 19.5 Å². The highest BCUT2D eigenvalue weighted by molar-refractivity contribution is 7.17. The minimum atomic E-state index is -0.545. The number of ether oxygens (including phenoxy) is 2. The number of halogens is 1. The first-order chi connectivity index (χ1) is 16.9. The van der Waals surface area contributed by atoms with Gasteiger partial charge in [-0.15, -0.1) is 11.3 Å². The van der Waals surface area contributed by atoms with Crippen molar-refractivity contribution >= 4 is 39.1 Å². The zero-order chi connectivity index (χ0) is 24.9. The highest BCUT2D eigenvalue weighted by Crippen LogP contribution is 2.27. The molecule has 2 aromatic heterocycles. The Kier molecular flexibility index (Phi) is 7.57. The van der Waals surface area contributed by atoms with Gasteiger partial charge in [0.05, 0.1) is 26.3 Å². The average molecular weight is 514 g/mol. The lowest BCUT2D eigenvalue weighted by molar-refractivity contribution is -0.121. The molecule has 0 fully saturated rings. The Morgan fingerprint density at radius 3 is 2.54 bits per heavy atom. The van der Waals surface area contributed by atoms with Crippen LogP contribution in [0.25, 0.3) is 10.2 Å². The summed E-state index contributed by atoms with van der Waals surface area (Å²) in [6.45, 7) is 0.196. The number of methoxy groups -OCH3 is 2. The zero-order valence-electron chi connectivity index (χ0n) is 19.2. The van der Waals surface area contributed by atoms with Gasteiger partial charge in [-0.2, -0.15) is 0 Å². The fourth-order valence-corrected chi connectivity index (χ4v) is 4.88. The molecule has 0 atom stereocenters. The number of nitrogens with zero attached hydrogens (tertiary/aromatic N) is 2. The van der Waals surface area contributed by atoms with E-state index in [-0.39, 0.29) is 13.1 Å². The second-order valence-corrected chi connectivity index (χ2v) is 9.17. The first-order valence-electron chi connectivity index (χ1n) is 10.8. The van der Waals surface area contributed by atoms with Gasteiger partial charge >= 0.3 is 5.69 Å². The van der Waals surface area contributed by atoms with Crippen molar-refractivity contribution in [3.05, 3.63) is 90.9 Å². The van der Waals surface area contributed by atoms with Gasteiger partial charge in [-0.1, -0.05) is 29.8 Å². The van der Waals surface area contributed by atoms with Gasteiger partial charge in [0, 0.05) is 11.6 Å². The van der Waals surface area contributed by atoms with Crippen LogP contribution in [0.5, 0.6) is 11.5 Å². The first kappa shape index (κ1) is 24.6. The fourth-order valence-electron chi connectivity index (χ4n) is 3.83. The fraction of sp³-hybridized carbons (Fsp3) is 0.240. The molecule has 0 unspecified atom stereocenters. The van der Waals surface area contributed by atoms with E-state index in [9.17, 15) is 14.4 Å². The number of thiophene rings is 1. The maximum Gasteiger partial charge on any atom is 0.332 e. The Morgan fingerprint density at radius 2 is 1.80 bits per heavy atom. The molecule has 0 saturated carbocycles. The van der Waals surface area contributed by atoms with Crippen LogP contribution in [0, 0.1) is 0 Å². The third-order valence-electron chi connectivity index (χ3n) is 5.55. The van der Waals surface area contributed by atoms with Gasteiger partial charge in [0.25, 0.3) is 5.56 Å². The van der Waals surface area contributed by atoms with E-state index in [1.807, 2.05) is 18.2 Å². The molecule has 0 bridgehead atoms. The minimum absolute atomic E-state index is 0.230. The van der Waals surface area contributed by atoms with Crippen LogP contribution >= 0.6 is 22.9 Å². The summed E-state index contributed by atoms with van der Waals surface area (Å²) >= 11 is 7.33. The van der Waals surface area contributed by atoms with Crippen molar-refractivity contribution in [1.82, 2.24) is 14.5 Å². The molecule has 4 rings (SSSR count). The molecular weight excluding hydrogens is 490 g/mol. The Bertz CT molecular complexity index is 1490. The van der Waals surface area contributed by atoms with Crippen LogP contribution in [0.1, 0.15) is 11.1 Å². The summed E-state index contributed by atoms with van der Waals surface area (Å²) in [6.07, 6.45) is 0.546. The summed E-state index contributed by atoms with van der Waals surface area (Å²) in [5.74, 6) is 0.806. The van der Waals surface area contributed by atoms with E-state index in [1.54, 1.807) is 49.9 Å². The van der Waals surface area contributed by atoms with Gasteiger partial charge in [-0.3, -0.25) is 14.2 Å². The van der Waals surface area contributed by atoms with Crippen LogP contribution in [0.2, 0.25) is 5.02 Å². The minimum Gasteiger partial charge on any atom is -0.493 e. The Balaban J connectivity index is 1.51. The molecule has 0 radical (unpaired) electrons. The number of aromatic nitrogens is 2. The molecule has 8 nitrogen and oxygen atoms in total. The molecule has 0 saturated heterocycles. The first-order valence-corrected chi connectivity index (χ1v) is 12.1. The predicted molar refractivity (Wildman–Crippen MR) is 137 cm³/mol. The number of carbonyl (C=O) groups is 1. The molecule has 10 heteroatoms. The lowest BCUT2D eigenvalue weighted by atomic mass is 10.1. The molecule has 2 heterocycles. The van der Waals surface area contributed by atoms with Crippen LogP contribution in [0.3, 0.4) is 0 Å². The molecule has 1 amide bonds. The molecule has 35 heavy (non-hydrogen) atoms. The Hall–Kier alpha value is -3.56. The Morgan fingerprint density at radius 1 is 1.00 bits per heavy atom. The molecule has 0 aliphatic rings. The van der Waals surface area contributed by atoms with E-state index in [0.29, 0.717) is 39.7 Å². The van der Waals surface area contributed by atoms with Crippen LogP contribution in [0.15, 0.2) is 63.5 Å². The average Bonchev–Trinajstić information content (AvgIpc) is 3.34. The summed E-state index contributed by atoms with van der Waals surface area (Å²) in [6, 6.07) is 14.4. The van der Waals surface area contributed by atoms with E-state index in [4.69, 9.17) is 21.1 Å². The van der Waals surface area contributed by atoms with Gasteiger partial charge < -0.3 is 14.8 Å². The summed E-state index contributed by atoms with van der Waals surface area (Å²) in [7, 11) is 3.13. The summed E-state index contributed by atoms with van der Waals surface area (Å²) < 4.78 is 13.4. The van der Waals surface area contributed by atoms with E-state index in [0.717, 1.165) is 15.7 Å². The van der Waals surface area contributed by atoms with Crippen molar-refractivity contribution in [3.8, 4) is 11.5 Å². The number of benzene rings is 2. The summed E-state index contributed by atoms with van der Waals surface area (Å²) in [5.41, 5.74) is 1.28. The summed E-state index contributed by atoms with van der Waals surface area (Å²) in [5, 5.41) is 5.10. The molecule has 182 valence electrons. The number of amides is 1. The molecule has 0 aliphatic carbocycles. The number of hydrogen-bond donors (Lipinski definition) is 1. The normalized spacial score (nSPS) is 10.9. The molecule has 2 aromatic carbocycles.